The van der Waals surface area contributed by atoms with Gasteiger partial charge in [0.1, 0.15) is 5.82 Å². The second kappa shape index (κ2) is 5.54. The highest BCUT2D eigenvalue weighted by Crippen LogP contribution is 2.45. The number of fused-ring (bicyclic) bond motifs is 1. The van der Waals surface area contributed by atoms with Gasteiger partial charge in [-0.1, -0.05) is 54.0 Å². The van der Waals surface area contributed by atoms with Crippen molar-refractivity contribution >= 4 is 15.9 Å². The van der Waals surface area contributed by atoms with Crippen LogP contribution < -0.4 is 5.32 Å². The minimum atomic E-state index is -0.193. The van der Waals surface area contributed by atoms with Crippen LogP contribution in [0.25, 0.3) is 0 Å². The first-order valence-corrected chi connectivity index (χ1v) is 8.02. The summed E-state index contributed by atoms with van der Waals surface area (Å²) >= 11 is 3.49. The predicted molar refractivity (Wildman–Crippen MR) is 87.6 cm³/mol. The van der Waals surface area contributed by atoms with Gasteiger partial charge in [0.15, 0.2) is 0 Å². The quantitative estimate of drug-likeness (QED) is 0.823. The summed E-state index contributed by atoms with van der Waals surface area (Å²) in [7, 11) is 0. The maximum Gasteiger partial charge on any atom is 0.123 e. The van der Waals surface area contributed by atoms with E-state index in [1.54, 1.807) is 12.1 Å². The molecule has 1 N–H and O–H groups in total. The maximum absolute atomic E-state index is 13.4. The first kappa shape index (κ1) is 14.7. The van der Waals surface area contributed by atoms with Crippen molar-refractivity contribution in [3.05, 3.63) is 69.4 Å². The smallest absolute Gasteiger partial charge is 0.123 e. The third-order valence-corrected chi connectivity index (χ3v) is 5.07. The van der Waals surface area contributed by atoms with Crippen molar-refractivity contribution in [1.82, 2.24) is 5.32 Å². The fourth-order valence-electron chi connectivity index (χ4n) is 3.27. The molecule has 0 amide bonds. The van der Waals surface area contributed by atoms with E-state index in [-0.39, 0.29) is 11.2 Å². The van der Waals surface area contributed by atoms with E-state index in [1.165, 1.54) is 17.2 Å². The molecule has 1 aliphatic rings. The lowest BCUT2D eigenvalue weighted by atomic mass is 9.85. The van der Waals surface area contributed by atoms with Crippen molar-refractivity contribution in [2.24, 2.45) is 5.41 Å². The van der Waals surface area contributed by atoms with Gasteiger partial charge >= 0.3 is 0 Å². The highest BCUT2D eigenvalue weighted by Gasteiger charge is 2.38. The van der Waals surface area contributed by atoms with Crippen LogP contribution in [0.2, 0.25) is 0 Å². The highest BCUT2D eigenvalue weighted by molar-refractivity contribution is 9.10. The molecule has 0 saturated heterocycles. The molecule has 0 aromatic heterocycles. The molecule has 0 bridgehead atoms. The van der Waals surface area contributed by atoms with Gasteiger partial charge in [0.25, 0.3) is 0 Å². The van der Waals surface area contributed by atoms with Crippen LogP contribution >= 0.6 is 15.9 Å². The average molecular weight is 348 g/mol. The number of hydrogen-bond donors (Lipinski definition) is 1. The van der Waals surface area contributed by atoms with E-state index in [0.29, 0.717) is 12.6 Å². The molecular formula is C18H19BrFN. The van der Waals surface area contributed by atoms with Crippen LogP contribution in [0.15, 0.2) is 46.9 Å². The van der Waals surface area contributed by atoms with E-state index in [9.17, 15) is 4.39 Å². The summed E-state index contributed by atoms with van der Waals surface area (Å²) in [5.41, 5.74) is 3.91. The fourth-order valence-corrected chi connectivity index (χ4v) is 3.65. The van der Waals surface area contributed by atoms with Crippen molar-refractivity contribution < 1.29 is 4.39 Å². The third kappa shape index (κ3) is 2.90. The Kier molecular flexibility index (Phi) is 3.89. The third-order valence-electron chi connectivity index (χ3n) is 4.30. The van der Waals surface area contributed by atoms with Crippen LogP contribution in [0.5, 0.6) is 0 Å². The molecule has 0 fully saturated rings. The number of hydrogen-bond acceptors (Lipinski definition) is 1. The molecule has 0 spiro atoms. The molecule has 2 aromatic rings. The van der Waals surface area contributed by atoms with Gasteiger partial charge in [-0.2, -0.15) is 0 Å². The molecular weight excluding hydrogens is 329 g/mol. The summed E-state index contributed by atoms with van der Waals surface area (Å²) in [6, 6.07) is 13.7. The van der Waals surface area contributed by atoms with Crippen LogP contribution in [0.3, 0.4) is 0 Å². The van der Waals surface area contributed by atoms with Crippen molar-refractivity contribution in [2.75, 3.05) is 0 Å². The molecule has 0 radical (unpaired) electrons. The molecule has 21 heavy (non-hydrogen) atoms. The van der Waals surface area contributed by atoms with E-state index in [4.69, 9.17) is 0 Å². The average Bonchev–Trinajstić information content (AvgIpc) is 2.69. The van der Waals surface area contributed by atoms with Crippen molar-refractivity contribution in [2.45, 2.75) is 32.9 Å². The molecule has 1 aliphatic carbocycles. The Labute approximate surface area is 133 Å². The maximum atomic E-state index is 13.4. The lowest BCUT2D eigenvalue weighted by Crippen LogP contribution is -2.30. The zero-order chi connectivity index (χ0) is 15.0. The molecule has 1 unspecified atom stereocenters. The zero-order valence-electron chi connectivity index (χ0n) is 12.3. The van der Waals surface area contributed by atoms with Gasteiger partial charge in [0, 0.05) is 17.1 Å². The van der Waals surface area contributed by atoms with Crippen LogP contribution in [0, 0.1) is 11.2 Å². The molecule has 1 nitrogen and oxygen atoms in total. The Balaban J connectivity index is 1.83. The Hall–Kier alpha value is -1.19. The summed E-state index contributed by atoms with van der Waals surface area (Å²) in [6.45, 7) is 5.22. The molecule has 110 valence electrons. The van der Waals surface area contributed by atoms with Gasteiger partial charge in [0.05, 0.1) is 0 Å². The molecule has 1 atom stereocenters. The molecule has 3 rings (SSSR count). The monoisotopic (exact) mass is 347 g/mol. The second-order valence-electron chi connectivity index (χ2n) is 6.41. The predicted octanol–water partition coefficient (Wildman–Crippen LogP) is 5.00. The van der Waals surface area contributed by atoms with E-state index in [2.05, 4.69) is 59.4 Å². The summed E-state index contributed by atoms with van der Waals surface area (Å²) < 4.78 is 14.3. The van der Waals surface area contributed by atoms with E-state index in [1.807, 2.05) is 0 Å². The highest BCUT2D eigenvalue weighted by atomic mass is 79.9. The van der Waals surface area contributed by atoms with Crippen LogP contribution in [-0.2, 0) is 13.0 Å². The molecule has 0 heterocycles. The summed E-state index contributed by atoms with van der Waals surface area (Å²) in [4.78, 5) is 0. The standard InChI is InChI=1S/C18H19BrFN/c1-18(2)10-12-5-3-4-6-15(12)17(18)21-11-13-9-14(20)7-8-16(13)19/h3-9,17,21H,10-11H2,1-2H3. The van der Waals surface area contributed by atoms with Crippen molar-refractivity contribution in [3.63, 3.8) is 0 Å². The Morgan fingerprint density at radius 2 is 2.00 bits per heavy atom. The van der Waals surface area contributed by atoms with E-state index < -0.39 is 0 Å². The van der Waals surface area contributed by atoms with Crippen molar-refractivity contribution in [3.8, 4) is 0 Å². The fraction of sp³-hybridized carbons (Fsp3) is 0.333. The normalized spacial score (nSPS) is 19.5. The number of nitrogens with one attached hydrogen (secondary N) is 1. The molecule has 2 aromatic carbocycles. The molecule has 0 saturated carbocycles. The van der Waals surface area contributed by atoms with Crippen LogP contribution in [0.1, 0.15) is 36.6 Å². The minimum absolute atomic E-state index is 0.170. The first-order chi connectivity index (χ1) is 9.97. The lowest BCUT2D eigenvalue weighted by Gasteiger charge is -2.29. The van der Waals surface area contributed by atoms with Gasteiger partial charge in [0.2, 0.25) is 0 Å². The minimum Gasteiger partial charge on any atom is -0.305 e. The van der Waals surface area contributed by atoms with Gasteiger partial charge in [-0.05, 0) is 46.7 Å². The number of halogens is 2. The first-order valence-electron chi connectivity index (χ1n) is 7.22. The Bertz CT molecular complexity index is 666. The van der Waals surface area contributed by atoms with Gasteiger partial charge < -0.3 is 5.32 Å². The summed E-state index contributed by atoms with van der Waals surface area (Å²) in [5.74, 6) is -0.193. The Morgan fingerprint density at radius 3 is 2.81 bits per heavy atom. The largest absolute Gasteiger partial charge is 0.305 e. The topological polar surface area (TPSA) is 12.0 Å². The summed E-state index contributed by atoms with van der Waals surface area (Å²) in [6.07, 6.45) is 1.07. The lowest BCUT2D eigenvalue weighted by molar-refractivity contribution is 0.268. The van der Waals surface area contributed by atoms with Crippen LogP contribution in [0.4, 0.5) is 4.39 Å². The van der Waals surface area contributed by atoms with Gasteiger partial charge in [-0.3, -0.25) is 0 Å². The van der Waals surface area contributed by atoms with E-state index >= 15 is 0 Å². The number of benzene rings is 2. The van der Waals surface area contributed by atoms with Gasteiger partial charge in [-0.25, -0.2) is 4.39 Å². The van der Waals surface area contributed by atoms with E-state index in [0.717, 1.165) is 16.5 Å². The van der Waals surface area contributed by atoms with Crippen molar-refractivity contribution in [1.29, 1.82) is 0 Å². The number of rotatable bonds is 3. The molecule has 3 heteroatoms. The zero-order valence-corrected chi connectivity index (χ0v) is 13.9. The van der Waals surface area contributed by atoms with Gasteiger partial charge in [-0.15, -0.1) is 0 Å². The second-order valence-corrected chi connectivity index (χ2v) is 7.27. The van der Waals surface area contributed by atoms with Crippen LogP contribution in [-0.4, -0.2) is 0 Å². The SMILES string of the molecule is CC1(C)Cc2ccccc2C1NCc1cc(F)ccc1Br. The molecule has 0 aliphatic heterocycles. The Morgan fingerprint density at radius 1 is 1.24 bits per heavy atom. The summed E-state index contributed by atoms with van der Waals surface area (Å²) in [5, 5.41) is 3.62.